The summed E-state index contributed by atoms with van der Waals surface area (Å²) in [7, 11) is 0. The van der Waals surface area contributed by atoms with Gasteiger partial charge in [0.15, 0.2) is 5.43 Å². The average molecular weight is 446 g/mol. The van der Waals surface area contributed by atoms with Crippen molar-refractivity contribution in [3.8, 4) is 0 Å². The topological polar surface area (TPSA) is 98.1 Å². The second-order valence-corrected chi connectivity index (χ2v) is 9.87. The number of pyridine rings is 2. The number of amides is 1. The third-order valence-electron chi connectivity index (χ3n) is 8.04. The summed E-state index contributed by atoms with van der Waals surface area (Å²) in [6.07, 6.45) is 5.39. The maximum absolute atomic E-state index is 13.8. The molecule has 2 aliphatic carbocycles. The largest absolute Gasteiger partial charge is 0.381 e. The fourth-order valence-corrected chi connectivity index (χ4v) is 6.20. The van der Waals surface area contributed by atoms with Gasteiger partial charge in [0.1, 0.15) is 5.69 Å². The summed E-state index contributed by atoms with van der Waals surface area (Å²) in [4.78, 5) is 32.2. The fourth-order valence-electron chi connectivity index (χ4n) is 6.20. The number of carbonyl (C=O) groups excluding carboxylic acids is 1. The van der Waals surface area contributed by atoms with E-state index in [-0.39, 0.29) is 47.1 Å². The number of aromatic nitrogens is 2. The second-order valence-electron chi connectivity index (χ2n) is 9.87. The highest BCUT2D eigenvalue weighted by Gasteiger charge is 2.44. The molecular formula is C24H29F2N3O3. The van der Waals surface area contributed by atoms with Gasteiger partial charge in [-0.1, -0.05) is 0 Å². The Morgan fingerprint density at radius 3 is 2.53 bits per heavy atom. The van der Waals surface area contributed by atoms with Gasteiger partial charge in [-0.05, 0) is 55.9 Å². The normalized spacial score (nSPS) is 29.0. The number of hydrogen-bond donors (Lipinski definition) is 2. The number of alkyl halides is 2. The van der Waals surface area contributed by atoms with Gasteiger partial charge in [0.2, 0.25) is 5.92 Å². The first-order chi connectivity index (χ1) is 15.3. The predicted molar refractivity (Wildman–Crippen MR) is 116 cm³/mol. The molecule has 8 heteroatoms. The van der Waals surface area contributed by atoms with Crippen molar-refractivity contribution in [1.82, 2.24) is 9.97 Å². The molecule has 172 valence electrons. The molecule has 0 radical (unpaired) electrons. The van der Waals surface area contributed by atoms with Gasteiger partial charge in [0.25, 0.3) is 5.91 Å². The van der Waals surface area contributed by atoms with E-state index in [1.807, 2.05) is 0 Å². The molecule has 32 heavy (non-hydrogen) atoms. The lowest BCUT2D eigenvalue weighted by atomic mass is 9.62. The summed E-state index contributed by atoms with van der Waals surface area (Å²) in [5, 5.41) is 0.206. The summed E-state index contributed by atoms with van der Waals surface area (Å²) in [6.45, 7) is 1.55. The van der Waals surface area contributed by atoms with Gasteiger partial charge in [0.05, 0.1) is 24.1 Å². The monoisotopic (exact) mass is 445 g/mol. The van der Waals surface area contributed by atoms with Crippen molar-refractivity contribution in [3.05, 3.63) is 39.9 Å². The molecular weight excluding hydrogens is 416 g/mol. The van der Waals surface area contributed by atoms with Gasteiger partial charge in [0, 0.05) is 42.6 Å². The lowest BCUT2D eigenvalue weighted by Crippen LogP contribution is -2.40. The van der Waals surface area contributed by atoms with E-state index < -0.39 is 11.8 Å². The molecule has 1 amide bonds. The van der Waals surface area contributed by atoms with Crippen LogP contribution in [-0.2, 0) is 4.74 Å². The van der Waals surface area contributed by atoms with Crippen LogP contribution in [0.15, 0.2) is 23.1 Å². The first kappa shape index (κ1) is 21.5. The summed E-state index contributed by atoms with van der Waals surface area (Å²) in [5.41, 5.74) is 6.48. The summed E-state index contributed by atoms with van der Waals surface area (Å²) < 4.78 is 33.0. The van der Waals surface area contributed by atoms with Crippen molar-refractivity contribution in [2.75, 3.05) is 13.2 Å². The SMILES string of the molecule is NC(=O)c1nccc2[nH]c(C3C[C@@H](C4COC4)CC[C@@H]3C3CCC(F)(F)CC3)cc(=O)c12. The zero-order valence-corrected chi connectivity index (χ0v) is 18.0. The van der Waals surface area contributed by atoms with Crippen LogP contribution in [0.5, 0.6) is 0 Å². The maximum Gasteiger partial charge on any atom is 0.268 e. The van der Waals surface area contributed by atoms with Gasteiger partial charge >= 0.3 is 0 Å². The lowest BCUT2D eigenvalue weighted by molar-refractivity contribution is -0.0813. The van der Waals surface area contributed by atoms with Crippen molar-refractivity contribution < 1.29 is 18.3 Å². The second kappa shape index (κ2) is 8.21. The number of nitrogens with two attached hydrogens (primary N) is 1. The molecule has 0 spiro atoms. The first-order valence-corrected chi connectivity index (χ1v) is 11.6. The molecule has 3 aliphatic rings. The zero-order valence-electron chi connectivity index (χ0n) is 18.0. The molecule has 0 aromatic carbocycles. The summed E-state index contributed by atoms with van der Waals surface area (Å²) in [6, 6.07) is 3.26. The minimum absolute atomic E-state index is 0.0329. The van der Waals surface area contributed by atoms with Gasteiger partial charge in [-0.25, -0.2) is 8.78 Å². The number of hydrogen-bond acceptors (Lipinski definition) is 4. The molecule has 5 rings (SSSR count). The minimum atomic E-state index is -2.55. The van der Waals surface area contributed by atoms with Crippen LogP contribution in [0.2, 0.25) is 0 Å². The van der Waals surface area contributed by atoms with E-state index in [2.05, 4.69) is 9.97 Å². The molecule has 6 nitrogen and oxygen atoms in total. The van der Waals surface area contributed by atoms with E-state index in [4.69, 9.17) is 10.5 Å². The van der Waals surface area contributed by atoms with E-state index in [1.165, 1.54) is 6.20 Å². The number of rotatable bonds is 4. The number of halogens is 2. The third-order valence-corrected chi connectivity index (χ3v) is 8.04. The van der Waals surface area contributed by atoms with E-state index in [1.54, 1.807) is 12.1 Å². The van der Waals surface area contributed by atoms with Crippen molar-refractivity contribution in [3.63, 3.8) is 0 Å². The van der Waals surface area contributed by atoms with Gasteiger partial charge < -0.3 is 15.5 Å². The van der Waals surface area contributed by atoms with Crippen LogP contribution in [0, 0.1) is 23.7 Å². The number of nitrogens with zero attached hydrogens (tertiary/aromatic N) is 1. The number of aromatic amines is 1. The van der Waals surface area contributed by atoms with Crippen molar-refractivity contribution >= 4 is 16.8 Å². The van der Waals surface area contributed by atoms with Crippen molar-refractivity contribution in [2.24, 2.45) is 29.4 Å². The molecule has 3 N–H and O–H groups in total. The molecule has 0 bridgehead atoms. The Morgan fingerprint density at radius 1 is 1.12 bits per heavy atom. The molecule has 3 heterocycles. The standard InChI is InChI=1S/C24H29F2N3O3/c25-24(26)6-3-13(4-7-24)16-2-1-14(15-11-32-12-15)9-17(16)19-10-20(30)21-18(29-19)5-8-28-22(21)23(27)31/h5,8,10,13-17H,1-4,6-7,9,11-12H2,(H2,27,31)(H,29,30)/t14-,16+,17?/m0/s1. The van der Waals surface area contributed by atoms with Crippen molar-refractivity contribution in [1.29, 1.82) is 0 Å². The number of nitrogens with one attached hydrogen (secondary N) is 1. The van der Waals surface area contributed by atoms with Crippen LogP contribution in [-0.4, -0.2) is 35.0 Å². The quantitative estimate of drug-likeness (QED) is 0.743. The van der Waals surface area contributed by atoms with Gasteiger partial charge in [-0.3, -0.25) is 14.6 Å². The number of fused-ring (bicyclic) bond motifs is 1. The Balaban J connectivity index is 1.51. The average Bonchev–Trinajstić information content (AvgIpc) is 2.72. The third kappa shape index (κ3) is 3.93. The highest BCUT2D eigenvalue weighted by molar-refractivity contribution is 6.03. The molecule has 2 aromatic rings. The van der Waals surface area contributed by atoms with Crippen LogP contribution in [0.3, 0.4) is 0 Å². The van der Waals surface area contributed by atoms with E-state index in [9.17, 15) is 18.4 Å². The van der Waals surface area contributed by atoms with Crippen LogP contribution in [0.1, 0.15) is 67.0 Å². The van der Waals surface area contributed by atoms with Crippen LogP contribution in [0.25, 0.3) is 10.9 Å². The van der Waals surface area contributed by atoms with E-state index >= 15 is 0 Å². The highest BCUT2D eigenvalue weighted by atomic mass is 19.3. The Labute approximate surface area is 184 Å². The summed E-state index contributed by atoms with van der Waals surface area (Å²) in [5.74, 6) is -1.67. The molecule has 2 saturated carbocycles. The first-order valence-electron chi connectivity index (χ1n) is 11.6. The van der Waals surface area contributed by atoms with Crippen LogP contribution < -0.4 is 11.2 Å². The van der Waals surface area contributed by atoms with Gasteiger partial charge in [-0.2, -0.15) is 0 Å². The molecule has 1 aliphatic heterocycles. The Kier molecular flexibility index (Phi) is 5.51. The molecule has 1 saturated heterocycles. The zero-order chi connectivity index (χ0) is 22.5. The molecule has 3 fully saturated rings. The number of primary amides is 1. The Hall–Kier alpha value is -2.35. The van der Waals surface area contributed by atoms with Crippen molar-refractivity contribution in [2.45, 2.75) is 56.8 Å². The van der Waals surface area contributed by atoms with Crippen LogP contribution >= 0.6 is 0 Å². The van der Waals surface area contributed by atoms with Crippen LogP contribution in [0.4, 0.5) is 8.78 Å². The number of carbonyl (C=O) groups is 1. The molecule has 2 aromatic heterocycles. The molecule has 3 atom stereocenters. The minimum Gasteiger partial charge on any atom is -0.381 e. The van der Waals surface area contributed by atoms with E-state index in [0.29, 0.717) is 30.2 Å². The van der Waals surface area contributed by atoms with E-state index in [0.717, 1.165) is 38.2 Å². The fraction of sp³-hybridized carbons (Fsp3) is 0.625. The predicted octanol–water partition coefficient (Wildman–Crippen LogP) is 3.99. The summed E-state index contributed by atoms with van der Waals surface area (Å²) >= 11 is 0. The van der Waals surface area contributed by atoms with Gasteiger partial charge in [-0.15, -0.1) is 0 Å². The number of H-pyrrole nitrogens is 1. The Bertz CT molecular complexity index is 1070. The maximum atomic E-state index is 13.8. The smallest absolute Gasteiger partial charge is 0.268 e. The lowest BCUT2D eigenvalue weighted by Gasteiger charge is -2.46. The highest BCUT2D eigenvalue weighted by Crippen LogP contribution is 2.51. The molecule has 1 unspecified atom stereocenters. The number of ether oxygens (including phenoxy) is 1. The Morgan fingerprint density at radius 2 is 1.88 bits per heavy atom.